The van der Waals surface area contributed by atoms with E-state index in [1.54, 1.807) is 13.0 Å². The van der Waals surface area contributed by atoms with E-state index in [0.717, 1.165) is 18.8 Å². The highest BCUT2D eigenvalue weighted by atomic mass is 16.4. The van der Waals surface area contributed by atoms with Gasteiger partial charge in [-0.1, -0.05) is 6.92 Å². The number of nitrogens with one attached hydrogen (secondary N) is 2. The molecule has 0 aromatic carbocycles. The molecule has 0 unspecified atom stereocenters. The molecule has 6 nitrogen and oxygen atoms in total. The van der Waals surface area contributed by atoms with Crippen LogP contribution in [0, 0.1) is 6.92 Å². The summed E-state index contributed by atoms with van der Waals surface area (Å²) in [6.07, 6.45) is 1.09. The van der Waals surface area contributed by atoms with Gasteiger partial charge in [0.2, 0.25) is 0 Å². The van der Waals surface area contributed by atoms with Gasteiger partial charge in [0.15, 0.2) is 0 Å². The van der Waals surface area contributed by atoms with Crippen LogP contribution in [0.5, 0.6) is 0 Å². The van der Waals surface area contributed by atoms with Gasteiger partial charge in [0.05, 0.1) is 6.42 Å². The second-order valence-corrected chi connectivity index (χ2v) is 3.68. The smallest absolute Gasteiger partial charge is 0.305 e. The molecule has 0 fully saturated rings. The van der Waals surface area contributed by atoms with E-state index in [4.69, 9.17) is 5.11 Å². The minimum atomic E-state index is -0.826. The molecule has 94 valence electrons. The van der Waals surface area contributed by atoms with E-state index in [1.165, 1.54) is 0 Å². The van der Waals surface area contributed by atoms with Gasteiger partial charge < -0.3 is 15.7 Å². The number of aryl methyl sites for hydroxylation is 1. The van der Waals surface area contributed by atoms with E-state index in [0.29, 0.717) is 18.2 Å². The molecule has 0 amide bonds. The lowest BCUT2D eigenvalue weighted by Gasteiger charge is -2.08. The van der Waals surface area contributed by atoms with Gasteiger partial charge in [-0.15, -0.1) is 0 Å². The van der Waals surface area contributed by atoms with Crippen LogP contribution in [-0.4, -0.2) is 34.1 Å². The highest BCUT2D eigenvalue weighted by molar-refractivity contribution is 5.67. The molecule has 0 aliphatic heterocycles. The summed E-state index contributed by atoms with van der Waals surface area (Å²) in [5.74, 6) is 1.24. The minimum absolute atomic E-state index is 0.0702. The fraction of sp³-hybridized carbons (Fsp3) is 0.545. The van der Waals surface area contributed by atoms with Crippen molar-refractivity contribution in [1.29, 1.82) is 0 Å². The van der Waals surface area contributed by atoms with Crippen molar-refractivity contribution in [1.82, 2.24) is 9.97 Å². The average molecular weight is 238 g/mol. The second-order valence-electron chi connectivity index (χ2n) is 3.68. The number of aromatic nitrogens is 2. The highest BCUT2D eigenvalue weighted by Gasteiger charge is 2.02. The van der Waals surface area contributed by atoms with Gasteiger partial charge in [0, 0.05) is 19.2 Å². The topological polar surface area (TPSA) is 87.1 Å². The van der Waals surface area contributed by atoms with Crippen LogP contribution in [0.1, 0.15) is 25.6 Å². The van der Waals surface area contributed by atoms with Gasteiger partial charge in [0.1, 0.15) is 17.5 Å². The van der Waals surface area contributed by atoms with Crippen LogP contribution in [0.4, 0.5) is 11.6 Å². The maximum Gasteiger partial charge on any atom is 0.305 e. The van der Waals surface area contributed by atoms with Gasteiger partial charge >= 0.3 is 5.97 Å². The maximum atomic E-state index is 10.4. The lowest BCUT2D eigenvalue weighted by atomic mass is 10.4. The van der Waals surface area contributed by atoms with E-state index in [2.05, 4.69) is 27.5 Å². The van der Waals surface area contributed by atoms with Crippen LogP contribution in [0.15, 0.2) is 6.07 Å². The first-order valence-corrected chi connectivity index (χ1v) is 5.67. The number of nitrogens with zero attached hydrogens (tertiary/aromatic N) is 2. The first-order chi connectivity index (χ1) is 8.11. The molecule has 0 saturated carbocycles. The van der Waals surface area contributed by atoms with Crippen molar-refractivity contribution >= 4 is 17.6 Å². The molecule has 17 heavy (non-hydrogen) atoms. The van der Waals surface area contributed by atoms with Crippen molar-refractivity contribution in [3.63, 3.8) is 0 Å². The third kappa shape index (κ3) is 5.14. The highest BCUT2D eigenvalue weighted by Crippen LogP contribution is 2.10. The van der Waals surface area contributed by atoms with E-state index in [-0.39, 0.29) is 6.42 Å². The fourth-order valence-corrected chi connectivity index (χ4v) is 1.30. The standard InChI is InChI=1S/C11H18N4O2/c1-3-5-12-9-7-10(15-8(2)14-9)13-6-4-11(16)17/h7H,3-6H2,1-2H3,(H,16,17)(H2,12,13,14,15). The second kappa shape index (κ2) is 6.67. The Hall–Kier alpha value is -1.85. The molecule has 3 N–H and O–H groups in total. The van der Waals surface area contributed by atoms with E-state index >= 15 is 0 Å². The Kier molecular flexibility index (Phi) is 5.19. The molecule has 1 rings (SSSR count). The molecule has 0 spiro atoms. The molecule has 1 heterocycles. The molecule has 1 aromatic rings. The summed E-state index contributed by atoms with van der Waals surface area (Å²) in [6, 6.07) is 1.78. The number of anilines is 2. The van der Waals surface area contributed by atoms with Crippen molar-refractivity contribution in [3.8, 4) is 0 Å². The van der Waals surface area contributed by atoms with Crippen molar-refractivity contribution in [2.24, 2.45) is 0 Å². The summed E-state index contributed by atoms with van der Waals surface area (Å²) in [5.41, 5.74) is 0. The molecule has 0 aliphatic carbocycles. The van der Waals surface area contributed by atoms with Gasteiger partial charge in [-0.25, -0.2) is 9.97 Å². The largest absolute Gasteiger partial charge is 0.481 e. The summed E-state index contributed by atoms with van der Waals surface area (Å²) in [7, 11) is 0. The zero-order valence-corrected chi connectivity index (χ0v) is 10.2. The van der Waals surface area contributed by atoms with Crippen LogP contribution in [0.25, 0.3) is 0 Å². The SMILES string of the molecule is CCCNc1cc(NCCC(=O)O)nc(C)n1. The van der Waals surface area contributed by atoms with Gasteiger partial charge in [-0.2, -0.15) is 0 Å². The molecular formula is C11H18N4O2. The monoisotopic (exact) mass is 238 g/mol. The average Bonchev–Trinajstić information content (AvgIpc) is 2.25. The molecular weight excluding hydrogens is 220 g/mol. The molecule has 0 atom stereocenters. The summed E-state index contributed by atoms with van der Waals surface area (Å²) >= 11 is 0. The fourth-order valence-electron chi connectivity index (χ4n) is 1.30. The first-order valence-electron chi connectivity index (χ1n) is 5.67. The Balaban J connectivity index is 2.58. The normalized spacial score (nSPS) is 10.0. The predicted octanol–water partition coefficient (Wildman–Crippen LogP) is 1.49. The van der Waals surface area contributed by atoms with Gasteiger partial charge in [-0.3, -0.25) is 4.79 Å². The lowest BCUT2D eigenvalue weighted by molar-refractivity contribution is -0.136. The van der Waals surface area contributed by atoms with Crippen molar-refractivity contribution in [3.05, 3.63) is 11.9 Å². The third-order valence-electron chi connectivity index (χ3n) is 2.04. The summed E-state index contributed by atoms with van der Waals surface area (Å²) in [6.45, 7) is 5.09. The molecule has 6 heteroatoms. The lowest BCUT2D eigenvalue weighted by Crippen LogP contribution is -2.10. The third-order valence-corrected chi connectivity index (χ3v) is 2.04. The van der Waals surface area contributed by atoms with E-state index in [9.17, 15) is 4.79 Å². The quantitative estimate of drug-likeness (QED) is 0.667. The Morgan fingerprint density at radius 3 is 2.41 bits per heavy atom. The van der Waals surface area contributed by atoms with Crippen LogP contribution in [0.3, 0.4) is 0 Å². The maximum absolute atomic E-state index is 10.4. The van der Waals surface area contributed by atoms with Crippen LogP contribution in [-0.2, 0) is 4.79 Å². The molecule has 0 aliphatic rings. The van der Waals surface area contributed by atoms with Crippen molar-refractivity contribution < 1.29 is 9.90 Å². The van der Waals surface area contributed by atoms with Crippen molar-refractivity contribution in [2.75, 3.05) is 23.7 Å². The predicted molar refractivity (Wildman–Crippen MR) is 66.3 cm³/mol. The number of aliphatic carboxylic acids is 1. The zero-order chi connectivity index (χ0) is 12.7. The van der Waals surface area contributed by atoms with Gasteiger partial charge in [0.25, 0.3) is 0 Å². The molecule has 0 saturated heterocycles. The van der Waals surface area contributed by atoms with Crippen LogP contribution >= 0.6 is 0 Å². The Morgan fingerprint density at radius 1 is 1.29 bits per heavy atom. The van der Waals surface area contributed by atoms with Crippen LogP contribution < -0.4 is 10.6 Å². The summed E-state index contributed by atoms with van der Waals surface area (Å²) in [4.78, 5) is 18.8. The molecule has 0 radical (unpaired) electrons. The summed E-state index contributed by atoms with van der Waals surface area (Å²) in [5, 5.41) is 14.7. The Morgan fingerprint density at radius 2 is 1.88 bits per heavy atom. The number of hydrogen-bond donors (Lipinski definition) is 3. The van der Waals surface area contributed by atoms with Crippen LogP contribution in [0.2, 0.25) is 0 Å². The number of carboxylic acids is 1. The number of hydrogen-bond acceptors (Lipinski definition) is 5. The number of carbonyl (C=O) groups is 1. The summed E-state index contributed by atoms with van der Waals surface area (Å²) < 4.78 is 0. The van der Waals surface area contributed by atoms with E-state index in [1.807, 2.05) is 0 Å². The Bertz CT molecular complexity index is 382. The van der Waals surface area contributed by atoms with Gasteiger partial charge in [-0.05, 0) is 13.3 Å². The first kappa shape index (κ1) is 13.2. The molecule has 0 bridgehead atoms. The minimum Gasteiger partial charge on any atom is -0.481 e. The zero-order valence-electron chi connectivity index (χ0n) is 10.2. The number of rotatable bonds is 7. The molecule has 1 aromatic heterocycles. The number of carboxylic acid groups (broad SMARTS) is 1. The van der Waals surface area contributed by atoms with E-state index < -0.39 is 5.97 Å². The van der Waals surface area contributed by atoms with Crippen molar-refractivity contribution in [2.45, 2.75) is 26.7 Å². The Labute approximate surface area is 100 Å².